The average molecular weight is 349 g/mol. The summed E-state index contributed by atoms with van der Waals surface area (Å²) in [5.41, 5.74) is 2.53. The first-order chi connectivity index (χ1) is 10.7. The molecule has 1 aliphatic carbocycles. The van der Waals surface area contributed by atoms with Gasteiger partial charge in [-0.15, -0.1) is 11.3 Å². The van der Waals surface area contributed by atoms with Crippen LogP contribution in [0.15, 0.2) is 16.9 Å². The Kier molecular flexibility index (Phi) is 4.13. The van der Waals surface area contributed by atoms with Gasteiger partial charge in [0, 0.05) is 11.4 Å². The van der Waals surface area contributed by atoms with Gasteiger partial charge in [0.1, 0.15) is 4.83 Å². The van der Waals surface area contributed by atoms with Gasteiger partial charge in [-0.2, -0.15) is 0 Å². The molecule has 5 heteroatoms. The van der Waals surface area contributed by atoms with Gasteiger partial charge < -0.3 is 4.98 Å². The first kappa shape index (κ1) is 16.7. The molecule has 0 amide bonds. The van der Waals surface area contributed by atoms with Crippen molar-refractivity contribution < 1.29 is 0 Å². The van der Waals surface area contributed by atoms with Gasteiger partial charge in [0.25, 0.3) is 5.56 Å². The number of aromatic amines is 1. The number of aromatic nitrogens is 2. The third-order valence-corrected chi connectivity index (χ3v) is 6.33. The van der Waals surface area contributed by atoms with E-state index < -0.39 is 0 Å². The minimum Gasteiger partial charge on any atom is -0.323 e. The minimum absolute atomic E-state index is 0.0402. The average Bonchev–Trinajstić information content (AvgIpc) is 2.79. The summed E-state index contributed by atoms with van der Waals surface area (Å²) in [6, 6.07) is 0. The highest BCUT2D eigenvalue weighted by Crippen LogP contribution is 2.41. The first-order valence-corrected chi connectivity index (χ1v) is 9.32. The molecule has 0 saturated carbocycles. The van der Waals surface area contributed by atoms with Crippen LogP contribution in [0.25, 0.3) is 10.2 Å². The standard InChI is InChI=1S/C18H24N2OS2/c1-10(2)9-20-16(21)14-12-7-6-11(18(3,4)5)8-13(12)23-15(14)19-17(20)22/h11H,1,6-9H2,2-5H3,(H,19,22)/t11-/m0/s1. The van der Waals surface area contributed by atoms with Gasteiger partial charge in [0.15, 0.2) is 4.77 Å². The monoisotopic (exact) mass is 348 g/mol. The van der Waals surface area contributed by atoms with Crippen LogP contribution in [-0.4, -0.2) is 9.55 Å². The fourth-order valence-corrected chi connectivity index (χ4v) is 5.08. The van der Waals surface area contributed by atoms with Crippen molar-refractivity contribution in [3.8, 4) is 0 Å². The van der Waals surface area contributed by atoms with E-state index in [2.05, 4.69) is 32.3 Å². The van der Waals surface area contributed by atoms with Crippen molar-refractivity contribution in [1.82, 2.24) is 9.55 Å². The second-order valence-electron chi connectivity index (χ2n) is 7.79. The van der Waals surface area contributed by atoms with Crippen LogP contribution >= 0.6 is 23.6 Å². The second-order valence-corrected chi connectivity index (χ2v) is 9.28. The van der Waals surface area contributed by atoms with Gasteiger partial charge in [-0.1, -0.05) is 32.9 Å². The van der Waals surface area contributed by atoms with E-state index in [-0.39, 0.29) is 5.56 Å². The van der Waals surface area contributed by atoms with Crippen LogP contribution in [0.2, 0.25) is 0 Å². The van der Waals surface area contributed by atoms with Gasteiger partial charge in [0.05, 0.1) is 5.39 Å². The summed E-state index contributed by atoms with van der Waals surface area (Å²) in [5.74, 6) is 0.670. The molecule has 0 saturated heterocycles. The molecule has 0 unspecified atom stereocenters. The first-order valence-electron chi connectivity index (χ1n) is 8.10. The highest BCUT2D eigenvalue weighted by molar-refractivity contribution is 7.71. The summed E-state index contributed by atoms with van der Waals surface area (Å²) in [5, 5.41) is 0.854. The summed E-state index contributed by atoms with van der Waals surface area (Å²) in [4.78, 5) is 18.5. The van der Waals surface area contributed by atoms with E-state index in [1.807, 2.05) is 6.92 Å². The number of fused-ring (bicyclic) bond motifs is 3. The predicted octanol–water partition coefficient (Wildman–Crippen LogP) is 4.85. The summed E-state index contributed by atoms with van der Waals surface area (Å²) >= 11 is 7.10. The lowest BCUT2D eigenvalue weighted by atomic mass is 9.72. The maximum Gasteiger partial charge on any atom is 0.263 e. The number of hydrogen-bond donors (Lipinski definition) is 1. The number of allylic oxidation sites excluding steroid dienone is 1. The molecule has 0 radical (unpaired) electrons. The third kappa shape index (κ3) is 2.96. The van der Waals surface area contributed by atoms with Gasteiger partial charge in [-0.3, -0.25) is 9.36 Å². The lowest BCUT2D eigenvalue weighted by Crippen LogP contribution is -2.27. The highest BCUT2D eigenvalue weighted by Gasteiger charge is 2.31. The Labute approximate surface area is 146 Å². The van der Waals surface area contributed by atoms with Gasteiger partial charge in [0.2, 0.25) is 0 Å². The SMILES string of the molecule is C=C(C)Cn1c(=S)[nH]c2sc3c(c2c1=O)CC[C@H](C(C)(C)C)C3. The van der Waals surface area contributed by atoms with Crippen LogP contribution in [0.1, 0.15) is 44.6 Å². The van der Waals surface area contributed by atoms with Crippen LogP contribution in [0.4, 0.5) is 0 Å². The minimum atomic E-state index is 0.0402. The number of thiophene rings is 1. The van der Waals surface area contributed by atoms with E-state index >= 15 is 0 Å². The van der Waals surface area contributed by atoms with Crippen LogP contribution in [0.5, 0.6) is 0 Å². The van der Waals surface area contributed by atoms with Crippen molar-refractivity contribution in [3.05, 3.63) is 37.7 Å². The fourth-order valence-electron chi connectivity index (χ4n) is 3.44. The third-order valence-electron chi connectivity index (χ3n) is 4.84. The summed E-state index contributed by atoms with van der Waals surface area (Å²) in [7, 11) is 0. The van der Waals surface area contributed by atoms with Crippen LogP contribution < -0.4 is 5.56 Å². The Morgan fingerprint density at radius 2 is 2.17 bits per heavy atom. The molecular formula is C18H24N2OS2. The maximum absolute atomic E-state index is 12.9. The van der Waals surface area contributed by atoms with Gasteiger partial charge >= 0.3 is 0 Å². The van der Waals surface area contributed by atoms with Crippen molar-refractivity contribution in [2.75, 3.05) is 0 Å². The quantitative estimate of drug-likeness (QED) is 0.622. The normalized spacial score (nSPS) is 18.2. The number of hydrogen-bond acceptors (Lipinski definition) is 3. The summed E-state index contributed by atoms with van der Waals surface area (Å²) in [6.07, 6.45) is 3.21. The Hall–Kier alpha value is -1.20. The summed E-state index contributed by atoms with van der Waals surface area (Å²) in [6.45, 7) is 13.2. The van der Waals surface area contributed by atoms with Crippen molar-refractivity contribution in [2.45, 2.75) is 53.5 Å². The topological polar surface area (TPSA) is 37.8 Å². The van der Waals surface area contributed by atoms with Crippen molar-refractivity contribution in [3.63, 3.8) is 0 Å². The zero-order chi connectivity index (χ0) is 16.9. The Balaban J connectivity index is 2.16. The number of H-pyrrole nitrogens is 1. The lowest BCUT2D eigenvalue weighted by molar-refractivity contribution is 0.218. The smallest absolute Gasteiger partial charge is 0.263 e. The largest absolute Gasteiger partial charge is 0.323 e. The van der Waals surface area contributed by atoms with Crippen LogP contribution in [0.3, 0.4) is 0 Å². The molecule has 3 rings (SSSR count). The Bertz CT molecular complexity index is 893. The maximum atomic E-state index is 12.9. The van der Waals surface area contributed by atoms with Crippen molar-refractivity contribution in [2.24, 2.45) is 11.3 Å². The van der Waals surface area contributed by atoms with Gasteiger partial charge in [-0.25, -0.2) is 0 Å². The molecule has 1 aliphatic rings. The van der Waals surface area contributed by atoms with Crippen LogP contribution in [-0.2, 0) is 19.4 Å². The van der Waals surface area contributed by atoms with E-state index in [0.717, 1.165) is 35.1 Å². The van der Waals surface area contributed by atoms with E-state index in [9.17, 15) is 4.79 Å². The molecule has 0 aromatic carbocycles. The molecule has 0 fully saturated rings. The molecule has 1 N–H and O–H groups in total. The van der Waals surface area contributed by atoms with E-state index in [1.165, 1.54) is 10.4 Å². The molecule has 124 valence electrons. The molecule has 3 nitrogen and oxygen atoms in total. The summed E-state index contributed by atoms with van der Waals surface area (Å²) < 4.78 is 2.14. The molecule has 0 bridgehead atoms. The van der Waals surface area contributed by atoms with Crippen molar-refractivity contribution >= 4 is 33.8 Å². The molecule has 0 aliphatic heterocycles. The second kappa shape index (κ2) is 5.71. The molecule has 2 heterocycles. The zero-order valence-corrected chi connectivity index (χ0v) is 15.9. The van der Waals surface area contributed by atoms with Crippen molar-refractivity contribution in [1.29, 1.82) is 0 Å². The number of nitrogens with zero attached hydrogens (tertiary/aromatic N) is 1. The number of aryl methyl sites for hydroxylation is 1. The van der Waals surface area contributed by atoms with Gasteiger partial charge in [-0.05, 0) is 55.3 Å². The molecule has 0 spiro atoms. The molecule has 2 aromatic rings. The highest BCUT2D eigenvalue weighted by atomic mass is 32.1. The van der Waals surface area contributed by atoms with E-state index in [4.69, 9.17) is 12.2 Å². The number of rotatable bonds is 2. The lowest BCUT2D eigenvalue weighted by Gasteiger charge is -2.33. The Morgan fingerprint density at radius 1 is 1.48 bits per heavy atom. The Morgan fingerprint density at radius 3 is 2.78 bits per heavy atom. The molecule has 1 atom stereocenters. The fraction of sp³-hybridized carbons (Fsp3) is 0.556. The molecular weight excluding hydrogens is 324 g/mol. The van der Waals surface area contributed by atoms with Crippen LogP contribution in [0, 0.1) is 16.1 Å². The molecule has 2 aromatic heterocycles. The zero-order valence-electron chi connectivity index (χ0n) is 14.3. The molecule has 23 heavy (non-hydrogen) atoms. The number of nitrogens with one attached hydrogen (secondary N) is 1. The van der Waals surface area contributed by atoms with E-state index in [1.54, 1.807) is 15.9 Å². The van der Waals surface area contributed by atoms with E-state index in [0.29, 0.717) is 22.6 Å². The predicted molar refractivity (Wildman–Crippen MR) is 101 cm³/mol.